The first kappa shape index (κ1) is 11.8. The fourth-order valence-electron chi connectivity index (χ4n) is 2.00. The maximum absolute atomic E-state index is 6.44. The summed E-state index contributed by atoms with van der Waals surface area (Å²) in [5, 5.41) is 0. The van der Waals surface area contributed by atoms with Gasteiger partial charge >= 0.3 is 0 Å². The number of benzene rings is 1. The standard InChI is InChI=1S/C13H16BrNO/c1-13(15,10-5-7-16-8-6-10)11-3-2-4-12(14)9-11/h2-5,9H,6-8,15H2,1H3. The summed E-state index contributed by atoms with van der Waals surface area (Å²) < 4.78 is 6.38. The van der Waals surface area contributed by atoms with Crippen LogP contribution in [0.2, 0.25) is 0 Å². The highest BCUT2D eigenvalue weighted by Gasteiger charge is 2.27. The topological polar surface area (TPSA) is 35.2 Å². The predicted molar refractivity (Wildman–Crippen MR) is 69.2 cm³/mol. The van der Waals surface area contributed by atoms with Crippen LogP contribution in [0.25, 0.3) is 0 Å². The molecule has 1 unspecified atom stereocenters. The average Bonchev–Trinajstić information content (AvgIpc) is 2.30. The Morgan fingerprint density at radius 2 is 2.25 bits per heavy atom. The highest BCUT2D eigenvalue weighted by Crippen LogP contribution is 2.31. The number of nitrogens with two attached hydrogens (primary N) is 1. The van der Waals surface area contributed by atoms with E-state index in [9.17, 15) is 0 Å². The van der Waals surface area contributed by atoms with Gasteiger partial charge in [0.25, 0.3) is 0 Å². The molecule has 1 atom stereocenters. The summed E-state index contributed by atoms with van der Waals surface area (Å²) in [4.78, 5) is 0. The van der Waals surface area contributed by atoms with Gasteiger partial charge < -0.3 is 10.5 Å². The van der Waals surface area contributed by atoms with Crippen molar-refractivity contribution >= 4 is 15.9 Å². The van der Waals surface area contributed by atoms with E-state index in [-0.39, 0.29) is 0 Å². The maximum atomic E-state index is 6.44. The Hall–Kier alpha value is -0.640. The third-order valence-corrected chi connectivity index (χ3v) is 3.55. The molecule has 2 rings (SSSR count). The summed E-state index contributed by atoms with van der Waals surface area (Å²) in [6.07, 6.45) is 3.02. The van der Waals surface area contributed by atoms with E-state index < -0.39 is 5.54 Å². The summed E-state index contributed by atoms with van der Waals surface area (Å²) in [5.74, 6) is 0. The quantitative estimate of drug-likeness (QED) is 0.846. The largest absolute Gasteiger partial charge is 0.377 e. The second-order valence-electron chi connectivity index (χ2n) is 4.27. The summed E-state index contributed by atoms with van der Waals surface area (Å²) in [6.45, 7) is 3.51. The van der Waals surface area contributed by atoms with Crippen molar-refractivity contribution < 1.29 is 4.74 Å². The van der Waals surface area contributed by atoms with Gasteiger partial charge in [-0.25, -0.2) is 0 Å². The van der Waals surface area contributed by atoms with Crippen molar-refractivity contribution in [1.82, 2.24) is 0 Å². The second-order valence-corrected chi connectivity index (χ2v) is 5.18. The van der Waals surface area contributed by atoms with E-state index in [2.05, 4.69) is 41.1 Å². The van der Waals surface area contributed by atoms with Gasteiger partial charge in [-0.1, -0.05) is 34.1 Å². The van der Waals surface area contributed by atoms with E-state index in [1.807, 2.05) is 12.1 Å². The van der Waals surface area contributed by atoms with Crippen LogP contribution < -0.4 is 5.73 Å². The van der Waals surface area contributed by atoms with E-state index in [1.54, 1.807) is 0 Å². The van der Waals surface area contributed by atoms with E-state index in [0.29, 0.717) is 6.61 Å². The molecule has 0 spiro atoms. The van der Waals surface area contributed by atoms with Crippen molar-refractivity contribution in [2.45, 2.75) is 18.9 Å². The summed E-state index contributed by atoms with van der Waals surface area (Å²) in [5.41, 5.74) is 8.44. The van der Waals surface area contributed by atoms with Crippen molar-refractivity contribution in [2.24, 2.45) is 5.73 Å². The first-order valence-corrected chi connectivity index (χ1v) is 6.22. The van der Waals surface area contributed by atoms with Crippen LogP contribution in [0, 0.1) is 0 Å². The lowest BCUT2D eigenvalue weighted by Gasteiger charge is -2.31. The van der Waals surface area contributed by atoms with Gasteiger partial charge in [-0.15, -0.1) is 0 Å². The Labute approximate surface area is 105 Å². The van der Waals surface area contributed by atoms with Crippen LogP contribution in [0.4, 0.5) is 0 Å². The summed E-state index contributed by atoms with van der Waals surface area (Å²) in [6, 6.07) is 8.18. The highest BCUT2D eigenvalue weighted by molar-refractivity contribution is 9.10. The molecular formula is C13H16BrNO. The van der Waals surface area contributed by atoms with Gasteiger partial charge in [0.1, 0.15) is 0 Å². The lowest BCUT2D eigenvalue weighted by atomic mass is 9.83. The molecule has 1 heterocycles. The minimum absolute atomic E-state index is 0.395. The zero-order chi connectivity index (χ0) is 11.6. The molecule has 2 N–H and O–H groups in total. The molecule has 0 fully saturated rings. The lowest BCUT2D eigenvalue weighted by Crippen LogP contribution is -2.37. The molecule has 0 radical (unpaired) electrons. The van der Waals surface area contributed by atoms with Crippen molar-refractivity contribution in [3.8, 4) is 0 Å². The molecule has 1 aromatic carbocycles. The van der Waals surface area contributed by atoms with Crippen LogP contribution in [-0.2, 0) is 10.3 Å². The fraction of sp³-hybridized carbons (Fsp3) is 0.385. The van der Waals surface area contributed by atoms with Gasteiger partial charge in [0.2, 0.25) is 0 Å². The van der Waals surface area contributed by atoms with E-state index in [0.717, 1.165) is 23.1 Å². The lowest BCUT2D eigenvalue weighted by molar-refractivity contribution is 0.149. The first-order chi connectivity index (χ1) is 7.60. The van der Waals surface area contributed by atoms with Crippen LogP contribution in [0.1, 0.15) is 18.9 Å². The van der Waals surface area contributed by atoms with E-state index in [4.69, 9.17) is 10.5 Å². The molecule has 16 heavy (non-hydrogen) atoms. The molecule has 0 aliphatic carbocycles. The molecule has 0 aromatic heterocycles. The summed E-state index contributed by atoms with van der Waals surface area (Å²) in [7, 11) is 0. The zero-order valence-electron chi connectivity index (χ0n) is 9.37. The molecular weight excluding hydrogens is 266 g/mol. The monoisotopic (exact) mass is 281 g/mol. The van der Waals surface area contributed by atoms with Gasteiger partial charge in [0.15, 0.2) is 0 Å². The smallest absolute Gasteiger partial charge is 0.0651 e. The fourth-order valence-corrected chi connectivity index (χ4v) is 2.39. The number of ether oxygens (including phenoxy) is 1. The Morgan fingerprint density at radius 1 is 1.44 bits per heavy atom. The number of rotatable bonds is 2. The number of halogens is 1. The predicted octanol–water partition coefficient (Wildman–Crippen LogP) is 2.97. The first-order valence-electron chi connectivity index (χ1n) is 5.43. The molecule has 0 saturated carbocycles. The molecule has 0 saturated heterocycles. The van der Waals surface area contributed by atoms with Gasteiger partial charge in [-0.3, -0.25) is 0 Å². The van der Waals surface area contributed by atoms with Gasteiger partial charge in [-0.05, 0) is 36.6 Å². The number of hydrogen-bond donors (Lipinski definition) is 1. The Bertz CT molecular complexity index is 412. The van der Waals surface area contributed by atoms with Crippen LogP contribution >= 0.6 is 15.9 Å². The van der Waals surface area contributed by atoms with Gasteiger partial charge in [0, 0.05) is 4.47 Å². The molecule has 1 aromatic rings. The van der Waals surface area contributed by atoms with Crippen LogP contribution in [0.15, 0.2) is 40.4 Å². The Balaban J connectivity index is 2.33. The van der Waals surface area contributed by atoms with Crippen LogP contribution in [0.5, 0.6) is 0 Å². The molecule has 0 bridgehead atoms. The average molecular weight is 282 g/mol. The maximum Gasteiger partial charge on any atom is 0.0651 e. The molecule has 86 valence electrons. The van der Waals surface area contributed by atoms with Crippen LogP contribution in [-0.4, -0.2) is 13.2 Å². The number of hydrogen-bond acceptors (Lipinski definition) is 2. The minimum Gasteiger partial charge on any atom is -0.377 e. The second kappa shape index (κ2) is 4.70. The van der Waals surface area contributed by atoms with Crippen molar-refractivity contribution in [2.75, 3.05) is 13.2 Å². The van der Waals surface area contributed by atoms with E-state index >= 15 is 0 Å². The molecule has 1 aliphatic rings. The normalized spacial score (nSPS) is 20.1. The van der Waals surface area contributed by atoms with Crippen molar-refractivity contribution in [3.63, 3.8) is 0 Å². The highest BCUT2D eigenvalue weighted by atomic mass is 79.9. The van der Waals surface area contributed by atoms with Crippen LogP contribution in [0.3, 0.4) is 0 Å². The summed E-state index contributed by atoms with van der Waals surface area (Å²) >= 11 is 3.48. The molecule has 1 aliphatic heterocycles. The Morgan fingerprint density at radius 3 is 2.88 bits per heavy atom. The van der Waals surface area contributed by atoms with Crippen molar-refractivity contribution in [1.29, 1.82) is 0 Å². The molecule has 2 nitrogen and oxygen atoms in total. The Kier molecular flexibility index (Phi) is 3.47. The molecule has 0 amide bonds. The minimum atomic E-state index is -0.395. The van der Waals surface area contributed by atoms with Gasteiger partial charge in [0.05, 0.1) is 18.8 Å². The third-order valence-electron chi connectivity index (χ3n) is 3.05. The zero-order valence-corrected chi connectivity index (χ0v) is 11.0. The van der Waals surface area contributed by atoms with Crippen molar-refractivity contribution in [3.05, 3.63) is 46.0 Å². The third kappa shape index (κ3) is 2.37. The van der Waals surface area contributed by atoms with Gasteiger partial charge in [-0.2, -0.15) is 0 Å². The molecule has 3 heteroatoms. The van der Waals surface area contributed by atoms with E-state index in [1.165, 1.54) is 5.57 Å². The SMILES string of the molecule is CC(N)(C1=CCOCC1)c1cccc(Br)c1.